The Labute approximate surface area is 142 Å². The zero-order valence-electron chi connectivity index (χ0n) is 13.7. The molecule has 1 heterocycles. The highest BCUT2D eigenvalue weighted by Gasteiger charge is 2.31. The van der Waals surface area contributed by atoms with Gasteiger partial charge in [0.05, 0.1) is 29.5 Å². The number of nitrogens with zero attached hydrogens (tertiary/aromatic N) is 2. The molecule has 0 aliphatic carbocycles. The van der Waals surface area contributed by atoms with Gasteiger partial charge in [0.15, 0.2) is 0 Å². The minimum atomic E-state index is -4.50. The molecule has 0 fully saturated rings. The molecule has 0 bridgehead atoms. The molecule has 0 amide bonds. The number of aromatic nitrogens is 2. The van der Waals surface area contributed by atoms with Crippen molar-refractivity contribution in [2.24, 2.45) is 0 Å². The molecular formula is C17H15F3N2O3. The van der Waals surface area contributed by atoms with Gasteiger partial charge in [0, 0.05) is 0 Å². The molecule has 25 heavy (non-hydrogen) atoms. The molecule has 0 spiro atoms. The summed E-state index contributed by atoms with van der Waals surface area (Å²) in [5.41, 5.74) is -0.0103. The first-order chi connectivity index (χ1) is 11.8. The number of alkyl halides is 3. The van der Waals surface area contributed by atoms with Crippen molar-refractivity contribution in [2.75, 3.05) is 7.11 Å². The fourth-order valence-corrected chi connectivity index (χ4v) is 2.16. The van der Waals surface area contributed by atoms with Crippen molar-refractivity contribution < 1.29 is 27.4 Å². The maximum Gasteiger partial charge on any atom is 0.416 e. The predicted molar refractivity (Wildman–Crippen MR) is 84.0 cm³/mol. The number of benzene rings is 1. The fraction of sp³-hybridized carbons (Fsp3) is 0.235. The van der Waals surface area contributed by atoms with E-state index in [4.69, 9.17) is 9.47 Å². The number of methoxy groups -OCH3 is 1. The zero-order chi connectivity index (χ0) is 18.6. The van der Waals surface area contributed by atoms with Gasteiger partial charge < -0.3 is 9.47 Å². The van der Waals surface area contributed by atoms with E-state index in [0.717, 1.165) is 12.1 Å². The third-order valence-electron chi connectivity index (χ3n) is 3.34. The van der Waals surface area contributed by atoms with Crippen molar-refractivity contribution in [3.05, 3.63) is 53.5 Å². The Morgan fingerprint density at radius 3 is 2.56 bits per heavy atom. The van der Waals surface area contributed by atoms with Gasteiger partial charge in [-0.15, -0.1) is 0 Å². The van der Waals surface area contributed by atoms with Crippen molar-refractivity contribution in [3.8, 4) is 11.6 Å². The van der Waals surface area contributed by atoms with Crippen molar-refractivity contribution in [1.29, 1.82) is 0 Å². The smallest absolute Gasteiger partial charge is 0.416 e. The summed E-state index contributed by atoms with van der Waals surface area (Å²) in [6, 6.07) is 4.38. The monoisotopic (exact) mass is 352 g/mol. The van der Waals surface area contributed by atoms with Crippen molar-refractivity contribution in [3.63, 3.8) is 0 Å². The quantitative estimate of drug-likeness (QED) is 0.610. The summed E-state index contributed by atoms with van der Waals surface area (Å²) in [6.07, 6.45) is -1.80. The molecule has 1 aromatic heterocycles. The summed E-state index contributed by atoms with van der Waals surface area (Å²) in [5.74, 6) is -0.728. The minimum Gasteiger partial charge on any atom is -0.465 e. The van der Waals surface area contributed by atoms with Gasteiger partial charge >= 0.3 is 12.1 Å². The average molecular weight is 352 g/mol. The summed E-state index contributed by atoms with van der Waals surface area (Å²) in [5, 5.41) is 0. The van der Waals surface area contributed by atoms with Gasteiger partial charge in [-0.05, 0) is 32.0 Å². The maximum absolute atomic E-state index is 12.8. The summed E-state index contributed by atoms with van der Waals surface area (Å²) < 4.78 is 48.7. The van der Waals surface area contributed by atoms with Gasteiger partial charge in [-0.1, -0.05) is 12.1 Å². The van der Waals surface area contributed by atoms with Gasteiger partial charge in [0.25, 0.3) is 0 Å². The lowest BCUT2D eigenvalue weighted by molar-refractivity contribution is -0.137. The Kier molecular flexibility index (Phi) is 5.41. The predicted octanol–water partition coefficient (Wildman–Crippen LogP) is 4.17. The Balaban J connectivity index is 2.48. The first kappa shape index (κ1) is 18.4. The molecule has 1 aromatic carbocycles. The number of rotatable bonds is 4. The highest BCUT2D eigenvalue weighted by atomic mass is 19.4. The third-order valence-corrected chi connectivity index (χ3v) is 3.34. The van der Waals surface area contributed by atoms with Crippen LogP contribution in [-0.2, 0) is 15.7 Å². The fourth-order valence-electron chi connectivity index (χ4n) is 2.16. The second kappa shape index (κ2) is 7.33. The molecule has 0 aliphatic heterocycles. The standard InChI is InChI=1S/C17H15F3N2O3/c1-4-13(16(23)24-3)14-10(2)21-9-22-15(14)25-12-7-5-6-11(8-12)17(18,19)20/h4-9H,1-3H3. The van der Waals surface area contributed by atoms with Gasteiger partial charge in [-0.25, -0.2) is 14.8 Å². The van der Waals surface area contributed by atoms with Crippen LogP contribution in [0.1, 0.15) is 23.7 Å². The van der Waals surface area contributed by atoms with E-state index in [9.17, 15) is 18.0 Å². The molecule has 0 saturated carbocycles. The molecular weight excluding hydrogens is 337 g/mol. The third kappa shape index (κ3) is 4.14. The molecule has 0 saturated heterocycles. The number of allylic oxidation sites excluding steroid dienone is 1. The topological polar surface area (TPSA) is 61.3 Å². The van der Waals surface area contributed by atoms with E-state index >= 15 is 0 Å². The SMILES string of the molecule is CC=C(C(=O)OC)c1c(C)ncnc1Oc1cccc(C(F)(F)F)c1. The first-order valence-electron chi connectivity index (χ1n) is 7.19. The summed E-state index contributed by atoms with van der Waals surface area (Å²) in [4.78, 5) is 19.9. The molecule has 8 heteroatoms. The highest BCUT2D eigenvalue weighted by Crippen LogP contribution is 2.34. The molecule has 0 radical (unpaired) electrons. The van der Waals surface area contributed by atoms with E-state index in [0.29, 0.717) is 5.69 Å². The van der Waals surface area contributed by atoms with Gasteiger partial charge in [-0.2, -0.15) is 13.2 Å². The number of halogens is 3. The second-order valence-electron chi connectivity index (χ2n) is 4.96. The van der Waals surface area contributed by atoms with Crippen LogP contribution in [0.15, 0.2) is 36.7 Å². The zero-order valence-corrected chi connectivity index (χ0v) is 13.7. The van der Waals surface area contributed by atoms with Crippen molar-refractivity contribution in [2.45, 2.75) is 20.0 Å². The molecule has 0 atom stereocenters. The molecule has 0 N–H and O–H groups in total. The Hall–Kier alpha value is -2.90. The number of hydrogen-bond donors (Lipinski definition) is 0. The Bertz CT molecular complexity index is 817. The molecule has 2 aromatic rings. The number of aryl methyl sites for hydroxylation is 1. The molecule has 0 aliphatic rings. The lowest BCUT2D eigenvalue weighted by atomic mass is 10.1. The van der Waals surface area contributed by atoms with E-state index in [1.807, 2.05) is 0 Å². The molecule has 0 unspecified atom stereocenters. The normalized spacial score (nSPS) is 12.0. The highest BCUT2D eigenvalue weighted by molar-refractivity contribution is 6.17. The van der Waals surface area contributed by atoms with Gasteiger partial charge in [0.1, 0.15) is 12.1 Å². The second-order valence-corrected chi connectivity index (χ2v) is 4.96. The van der Waals surface area contributed by atoms with Crippen LogP contribution in [0, 0.1) is 6.92 Å². The van der Waals surface area contributed by atoms with E-state index in [1.54, 1.807) is 13.8 Å². The largest absolute Gasteiger partial charge is 0.465 e. The Morgan fingerprint density at radius 1 is 1.24 bits per heavy atom. The van der Waals surface area contributed by atoms with Crippen LogP contribution in [0.4, 0.5) is 13.2 Å². The number of hydrogen-bond acceptors (Lipinski definition) is 5. The number of ether oxygens (including phenoxy) is 2. The van der Waals surface area contributed by atoms with E-state index < -0.39 is 17.7 Å². The summed E-state index contributed by atoms with van der Waals surface area (Å²) >= 11 is 0. The van der Waals surface area contributed by atoms with Crippen molar-refractivity contribution >= 4 is 11.5 Å². The van der Waals surface area contributed by atoms with E-state index in [2.05, 4.69) is 9.97 Å². The van der Waals surface area contributed by atoms with Crippen molar-refractivity contribution in [1.82, 2.24) is 9.97 Å². The number of esters is 1. The average Bonchev–Trinajstić information content (AvgIpc) is 2.57. The van der Waals surface area contributed by atoms with E-state index in [-0.39, 0.29) is 22.8 Å². The Morgan fingerprint density at radius 2 is 1.96 bits per heavy atom. The lowest BCUT2D eigenvalue weighted by Crippen LogP contribution is -2.09. The molecule has 2 rings (SSSR count). The summed E-state index contributed by atoms with van der Waals surface area (Å²) in [6.45, 7) is 3.25. The van der Waals surface area contributed by atoms with Crippen LogP contribution in [0.2, 0.25) is 0 Å². The van der Waals surface area contributed by atoms with Crippen LogP contribution >= 0.6 is 0 Å². The number of carbonyl (C=O) groups excluding carboxylic acids is 1. The van der Waals surface area contributed by atoms with Crippen LogP contribution in [0.25, 0.3) is 5.57 Å². The van der Waals surface area contributed by atoms with Crippen LogP contribution < -0.4 is 4.74 Å². The van der Waals surface area contributed by atoms with Gasteiger partial charge in [-0.3, -0.25) is 0 Å². The molecule has 5 nitrogen and oxygen atoms in total. The number of carbonyl (C=O) groups is 1. The lowest BCUT2D eigenvalue weighted by Gasteiger charge is -2.14. The van der Waals surface area contributed by atoms with E-state index in [1.165, 1.54) is 31.6 Å². The van der Waals surface area contributed by atoms with Crippen LogP contribution in [0.3, 0.4) is 0 Å². The van der Waals surface area contributed by atoms with Gasteiger partial charge in [0.2, 0.25) is 5.88 Å². The first-order valence-corrected chi connectivity index (χ1v) is 7.19. The van der Waals surface area contributed by atoms with Crippen LogP contribution in [-0.4, -0.2) is 23.0 Å². The molecule has 132 valence electrons. The summed E-state index contributed by atoms with van der Waals surface area (Å²) in [7, 11) is 1.22. The van der Waals surface area contributed by atoms with Crippen LogP contribution in [0.5, 0.6) is 11.6 Å². The maximum atomic E-state index is 12.8. The minimum absolute atomic E-state index is 0.0367.